The van der Waals surface area contributed by atoms with Crippen molar-refractivity contribution in [3.63, 3.8) is 0 Å². The van der Waals surface area contributed by atoms with E-state index in [-0.39, 0.29) is 5.56 Å². The van der Waals surface area contributed by atoms with Gasteiger partial charge in [-0.1, -0.05) is 15.9 Å². The van der Waals surface area contributed by atoms with E-state index in [4.69, 9.17) is 5.73 Å². The van der Waals surface area contributed by atoms with Crippen LogP contribution in [0.1, 0.15) is 11.6 Å². The second kappa shape index (κ2) is 3.96. The van der Waals surface area contributed by atoms with Crippen molar-refractivity contribution in [2.45, 2.75) is 6.04 Å². The Hall–Kier alpha value is -0.480. The molecule has 0 aliphatic rings. The normalized spacial score (nSPS) is 13.0. The van der Waals surface area contributed by atoms with Gasteiger partial charge in [-0.15, -0.1) is 0 Å². The number of nitrogens with two attached hydrogens (primary N) is 1. The second-order valence-corrected chi connectivity index (χ2v) is 3.34. The van der Waals surface area contributed by atoms with Crippen LogP contribution in [-0.2, 0) is 0 Å². The molecular weight excluding hydrogens is 228 g/mol. The van der Waals surface area contributed by atoms with Crippen molar-refractivity contribution in [3.05, 3.63) is 34.1 Å². The first-order valence-corrected chi connectivity index (χ1v) is 4.21. The Balaban J connectivity index is 3.04. The smallest absolute Gasteiger partial charge is 0.128 e. The lowest BCUT2D eigenvalue weighted by Gasteiger charge is -2.08. The van der Waals surface area contributed by atoms with Crippen molar-refractivity contribution in [1.82, 2.24) is 0 Å². The van der Waals surface area contributed by atoms with Gasteiger partial charge in [0.05, 0.1) is 6.04 Å². The number of hydrogen-bond acceptors (Lipinski definition) is 1. The average Bonchev–Trinajstić information content (AvgIpc) is 2.08. The van der Waals surface area contributed by atoms with Crippen molar-refractivity contribution in [2.75, 3.05) is 6.67 Å². The lowest BCUT2D eigenvalue weighted by Crippen LogP contribution is -2.13. The summed E-state index contributed by atoms with van der Waals surface area (Å²) in [6, 6.07) is 3.42. The number of hydrogen-bond donors (Lipinski definition) is 1. The van der Waals surface area contributed by atoms with Gasteiger partial charge in [0.15, 0.2) is 0 Å². The van der Waals surface area contributed by atoms with Gasteiger partial charge < -0.3 is 5.73 Å². The van der Waals surface area contributed by atoms with Crippen molar-refractivity contribution in [1.29, 1.82) is 0 Å². The van der Waals surface area contributed by atoms with E-state index in [0.29, 0.717) is 4.47 Å². The quantitative estimate of drug-likeness (QED) is 0.838. The molecule has 0 bridgehead atoms. The van der Waals surface area contributed by atoms with E-state index < -0.39 is 18.5 Å². The molecule has 1 nitrogen and oxygen atoms in total. The first-order chi connectivity index (χ1) is 5.65. The van der Waals surface area contributed by atoms with Gasteiger partial charge in [0, 0.05) is 10.0 Å². The fourth-order valence-corrected chi connectivity index (χ4v) is 1.26. The zero-order valence-electron chi connectivity index (χ0n) is 6.23. The highest BCUT2D eigenvalue weighted by atomic mass is 79.9. The van der Waals surface area contributed by atoms with Gasteiger partial charge in [0.1, 0.15) is 12.5 Å². The molecular formula is C8H8BrF2N. The summed E-state index contributed by atoms with van der Waals surface area (Å²) in [5.74, 6) is -0.469. The van der Waals surface area contributed by atoms with Crippen LogP contribution in [-0.4, -0.2) is 6.67 Å². The Labute approximate surface area is 77.7 Å². The molecule has 0 fully saturated rings. The first kappa shape index (κ1) is 9.61. The van der Waals surface area contributed by atoms with Crippen LogP contribution in [0.15, 0.2) is 22.7 Å². The van der Waals surface area contributed by atoms with Gasteiger partial charge in [0.25, 0.3) is 0 Å². The molecule has 0 saturated heterocycles. The molecule has 1 aromatic rings. The number of rotatable bonds is 2. The summed E-state index contributed by atoms with van der Waals surface area (Å²) < 4.78 is 25.7. The van der Waals surface area contributed by atoms with Crippen LogP contribution in [0.2, 0.25) is 0 Å². The van der Waals surface area contributed by atoms with Gasteiger partial charge in [-0.25, -0.2) is 8.78 Å². The second-order valence-electron chi connectivity index (χ2n) is 2.43. The zero-order valence-corrected chi connectivity index (χ0v) is 7.81. The highest BCUT2D eigenvalue weighted by molar-refractivity contribution is 9.10. The Morgan fingerprint density at radius 1 is 1.50 bits per heavy atom. The summed E-state index contributed by atoms with van der Waals surface area (Å²) in [7, 11) is 0. The van der Waals surface area contributed by atoms with Crippen LogP contribution in [0.25, 0.3) is 0 Å². The number of benzene rings is 1. The topological polar surface area (TPSA) is 26.0 Å². The minimum Gasteiger partial charge on any atom is -0.322 e. The van der Waals surface area contributed by atoms with Gasteiger partial charge in [-0.05, 0) is 18.2 Å². The molecule has 0 radical (unpaired) electrons. The van der Waals surface area contributed by atoms with E-state index in [9.17, 15) is 8.78 Å². The highest BCUT2D eigenvalue weighted by Gasteiger charge is 2.10. The van der Waals surface area contributed by atoms with Gasteiger partial charge in [-0.2, -0.15) is 0 Å². The summed E-state index contributed by atoms with van der Waals surface area (Å²) in [5.41, 5.74) is 5.53. The standard InChI is InChI=1S/C8H8BrF2N/c9-5-1-2-7(11)6(3-5)8(12)4-10/h1-3,8H,4,12H2/t8-/m0/s1. The lowest BCUT2D eigenvalue weighted by atomic mass is 10.1. The van der Waals surface area contributed by atoms with Crippen molar-refractivity contribution < 1.29 is 8.78 Å². The van der Waals surface area contributed by atoms with Crippen molar-refractivity contribution in [2.24, 2.45) is 5.73 Å². The van der Waals surface area contributed by atoms with E-state index >= 15 is 0 Å². The first-order valence-electron chi connectivity index (χ1n) is 3.41. The van der Waals surface area contributed by atoms with E-state index in [0.717, 1.165) is 0 Å². The summed E-state index contributed by atoms with van der Waals surface area (Å²) in [6.07, 6.45) is 0. The maximum Gasteiger partial charge on any atom is 0.128 e. The summed E-state index contributed by atoms with van der Waals surface area (Å²) >= 11 is 3.15. The fraction of sp³-hybridized carbons (Fsp3) is 0.250. The van der Waals surface area contributed by atoms with Gasteiger partial charge in [-0.3, -0.25) is 0 Å². The van der Waals surface area contributed by atoms with E-state index in [1.54, 1.807) is 6.07 Å². The lowest BCUT2D eigenvalue weighted by molar-refractivity contribution is 0.426. The maximum absolute atomic E-state index is 12.9. The molecule has 1 rings (SSSR count). The number of alkyl halides is 1. The summed E-state index contributed by atoms with van der Waals surface area (Å²) in [4.78, 5) is 0. The predicted molar refractivity (Wildman–Crippen MR) is 47.0 cm³/mol. The zero-order chi connectivity index (χ0) is 9.14. The summed E-state index contributed by atoms with van der Waals surface area (Å²) in [6.45, 7) is -0.757. The molecule has 0 spiro atoms. The Morgan fingerprint density at radius 2 is 2.17 bits per heavy atom. The summed E-state index contributed by atoms with van der Waals surface area (Å²) in [5, 5.41) is 0. The molecule has 0 aliphatic carbocycles. The largest absolute Gasteiger partial charge is 0.322 e. The highest BCUT2D eigenvalue weighted by Crippen LogP contribution is 2.20. The molecule has 1 aromatic carbocycles. The molecule has 0 saturated carbocycles. The molecule has 0 unspecified atom stereocenters. The maximum atomic E-state index is 12.9. The van der Waals surface area contributed by atoms with Crippen LogP contribution < -0.4 is 5.73 Å². The third kappa shape index (κ3) is 2.01. The minimum atomic E-state index is -0.873. The SMILES string of the molecule is N[C@@H](CF)c1cc(Br)ccc1F. The van der Waals surface area contributed by atoms with Crippen LogP contribution >= 0.6 is 15.9 Å². The van der Waals surface area contributed by atoms with Crippen molar-refractivity contribution >= 4 is 15.9 Å². The molecule has 4 heteroatoms. The molecule has 66 valence electrons. The minimum absolute atomic E-state index is 0.201. The Morgan fingerprint density at radius 3 is 2.75 bits per heavy atom. The third-order valence-corrected chi connectivity index (χ3v) is 2.02. The average molecular weight is 236 g/mol. The van der Waals surface area contributed by atoms with Crippen LogP contribution in [0, 0.1) is 5.82 Å². The molecule has 2 N–H and O–H groups in total. The van der Waals surface area contributed by atoms with Gasteiger partial charge >= 0.3 is 0 Å². The van der Waals surface area contributed by atoms with Crippen LogP contribution in [0.3, 0.4) is 0 Å². The monoisotopic (exact) mass is 235 g/mol. The van der Waals surface area contributed by atoms with Crippen LogP contribution in [0.5, 0.6) is 0 Å². The molecule has 12 heavy (non-hydrogen) atoms. The van der Waals surface area contributed by atoms with Gasteiger partial charge in [0.2, 0.25) is 0 Å². The molecule has 0 heterocycles. The van der Waals surface area contributed by atoms with E-state index in [1.807, 2.05) is 0 Å². The van der Waals surface area contributed by atoms with Crippen molar-refractivity contribution in [3.8, 4) is 0 Å². The Kier molecular flexibility index (Phi) is 3.17. The predicted octanol–water partition coefficient (Wildman–Crippen LogP) is 2.56. The third-order valence-electron chi connectivity index (χ3n) is 1.52. The fourth-order valence-electron chi connectivity index (χ4n) is 0.882. The molecule has 1 atom stereocenters. The molecule has 0 aliphatic heterocycles. The molecule has 0 aromatic heterocycles. The molecule has 0 amide bonds. The van der Waals surface area contributed by atoms with E-state index in [2.05, 4.69) is 15.9 Å². The number of halogens is 3. The Bertz CT molecular complexity index is 278. The van der Waals surface area contributed by atoms with Crippen LogP contribution in [0.4, 0.5) is 8.78 Å². The van der Waals surface area contributed by atoms with E-state index in [1.165, 1.54) is 12.1 Å².